The van der Waals surface area contributed by atoms with Gasteiger partial charge in [0.1, 0.15) is 5.69 Å². The van der Waals surface area contributed by atoms with Crippen LogP contribution < -0.4 is 10.6 Å². The zero-order chi connectivity index (χ0) is 18.5. The van der Waals surface area contributed by atoms with Crippen LogP contribution in [-0.2, 0) is 4.74 Å². The molecule has 26 heavy (non-hydrogen) atoms. The lowest BCUT2D eigenvalue weighted by atomic mass is 10.1. The fourth-order valence-electron chi connectivity index (χ4n) is 2.88. The molecule has 2 amide bonds. The van der Waals surface area contributed by atoms with Gasteiger partial charge in [-0.1, -0.05) is 12.1 Å². The number of rotatable bonds is 5. The minimum absolute atomic E-state index is 0.0646. The number of nitrogens with zero attached hydrogens (tertiary/aromatic N) is 1. The van der Waals surface area contributed by atoms with Gasteiger partial charge in [0.05, 0.1) is 6.10 Å². The van der Waals surface area contributed by atoms with Gasteiger partial charge in [0.2, 0.25) is 0 Å². The summed E-state index contributed by atoms with van der Waals surface area (Å²) >= 11 is 0. The van der Waals surface area contributed by atoms with Crippen LogP contribution >= 0.6 is 0 Å². The first-order valence-electron chi connectivity index (χ1n) is 8.78. The number of aromatic nitrogens is 1. The maximum absolute atomic E-state index is 12.5. The van der Waals surface area contributed by atoms with Crippen LogP contribution in [0.1, 0.15) is 44.8 Å². The van der Waals surface area contributed by atoms with Gasteiger partial charge in [-0.05, 0) is 56.0 Å². The van der Waals surface area contributed by atoms with E-state index in [0.717, 1.165) is 36.3 Å². The molecule has 136 valence electrons. The molecule has 0 aliphatic carbocycles. The highest BCUT2D eigenvalue weighted by Crippen LogP contribution is 2.19. The second-order valence-electron chi connectivity index (χ2n) is 6.48. The van der Waals surface area contributed by atoms with Crippen LogP contribution in [0.2, 0.25) is 0 Å². The predicted octanol–water partition coefficient (Wildman–Crippen LogP) is 2.86. The van der Waals surface area contributed by atoms with E-state index in [2.05, 4.69) is 15.6 Å². The molecule has 1 unspecified atom stereocenters. The lowest BCUT2D eigenvalue weighted by Gasteiger charge is -2.12. The second-order valence-corrected chi connectivity index (χ2v) is 6.48. The molecule has 1 atom stereocenters. The summed E-state index contributed by atoms with van der Waals surface area (Å²) in [6.07, 6.45) is 3.51. The number of carbonyl (C=O) groups is 2. The average molecular weight is 353 g/mol. The third-order valence-electron chi connectivity index (χ3n) is 4.62. The Morgan fingerprint density at radius 1 is 1.23 bits per heavy atom. The largest absolute Gasteiger partial charge is 0.376 e. The molecule has 2 aromatic rings. The fourth-order valence-corrected chi connectivity index (χ4v) is 2.88. The predicted molar refractivity (Wildman–Crippen MR) is 99.4 cm³/mol. The van der Waals surface area contributed by atoms with E-state index < -0.39 is 0 Å². The number of nitrogens with one attached hydrogen (secondary N) is 2. The van der Waals surface area contributed by atoms with Gasteiger partial charge < -0.3 is 15.4 Å². The van der Waals surface area contributed by atoms with Crippen molar-refractivity contribution in [2.24, 2.45) is 0 Å². The van der Waals surface area contributed by atoms with E-state index in [-0.39, 0.29) is 23.6 Å². The number of hydrogen-bond acceptors (Lipinski definition) is 4. The third-order valence-corrected chi connectivity index (χ3v) is 4.62. The van der Waals surface area contributed by atoms with Gasteiger partial charge in [0, 0.05) is 30.6 Å². The second kappa shape index (κ2) is 8.10. The Morgan fingerprint density at radius 2 is 2.08 bits per heavy atom. The van der Waals surface area contributed by atoms with Crippen molar-refractivity contribution in [1.29, 1.82) is 0 Å². The first-order chi connectivity index (χ1) is 12.5. The summed E-state index contributed by atoms with van der Waals surface area (Å²) in [4.78, 5) is 28.9. The van der Waals surface area contributed by atoms with E-state index in [1.165, 1.54) is 12.3 Å². The van der Waals surface area contributed by atoms with E-state index in [0.29, 0.717) is 12.1 Å². The van der Waals surface area contributed by atoms with Gasteiger partial charge in [-0.3, -0.25) is 14.6 Å². The number of amides is 2. The summed E-state index contributed by atoms with van der Waals surface area (Å²) in [7, 11) is 0. The van der Waals surface area contributed by atoms with Gasteiger partial charge in [0.25, 0.3) is 11.8 Å². The molecule has 3 rings (SSSR count). The molecule has 1 aromatic carbocycles. The van der Waals surface area contributed by atoms with Crippen molar-refractivity contribution < 1.29 is 14.3 Å². The molecular formula is C20H23N3O3. The van der Waals surface area contributed by atoms with Crippen LogP contribution in [0.15, 0.2) is 36.5 Å². The first kappa shape index (κ1) is 18.1. The van der Waals surface area contributed by atoms with Crippen molar-refractivity contribution in [1.82, 2.24) is 10.3 Å². The van der Waals surface area contributed by atoms with Crippen molar-refractivity contribution in [2.45, 2.75) is 32.8 Å². The number of carbonyl (C=O) groups excluding carboxylic acids is 2. The molecule has 6 nitrogen and oxygen atoms in total. The summed E-state index contributed by atoms with van der Waals surface area (Å²) < 4.78 is 5.49. The van der Waals surface area contributed by atoms with Crippen LogP contribution in [0.5, 0.6) is 0 Å². The minimum atomic E-state index is -0.304. The Bertz CT molecular complexity index is 814. The topological polar surface area (TPSA) is 80.3 Å². The molecule has 1 aromatic heterocycles. The Kier molecular flexibility index (Phi) is 5.63. The smallest absolute Gasteiger partial charge is 0.269 e. The van der Waals surface area contributed by atoms with E-state index in [9.17, 15) is 9.59 Å². The van der Waals surface area contributed by atoms with E-state index in [1.54, 1.807) is 6.07 Å². The molecule has 6 heteroatoms. The van der Waals surface area contributed by atoms with E-state index >= 15 is 0 Å². The van der Waals surface area contributed by atoms with Crippen molar-refractivity contribution >= 4 is 17.5 Å². The number of anilines is 1. The SMILES string of the molecule is Cc1cccc(NC(=O)c2ccnc(C(=O)NCC3CCCO3)c2)c1C. The normalized spacial score (nSPS) is 16.3. The molecular weight excluding hydrogens is 330 g/mol. The van der Waals surface area contributed by atoms with Crippen molar-refractivity contribution in [2.75, 3.05) is 18.5 Å². The van der Waals surface area contributed by atoms with Crippen LogP contribution in [0, 0.1) is 13.8 Å². The molecule has 2 N–H and O–H groups in total. The fraction of sp³-hybridized carbons (Fsp3) is 0.350. The van der Waals surface area contributed by atoms with Crippen LogP contribution in [0.3, 0.4) is 0 Å². The number of aryl methyl sites for hydroxylation is 1. The summed E-state index contributed by atoms with van der Waals surface area (Å²) in [5, 5.41) is 5.71. The molecule has 2 heterocycles. The van der Waals surface area contributed by atoms with Crippen molar-refractivity contribution in [3.8, 4) is 0 Å². The number of benzene rings is 1. The number of hydrogen-bond donors (Lipinski definition) is 2. The highest BCUT2D eigenvalue weighted by Gasteiger charge is 2.18. The summed E-state index contributed by atoms with van der Waals surface area (Å²) in [6.45, 7) is 5.15. The molecule has 1 fully saturated rings. The summed E-state index contributed by atoms with van der Waals surface area (Å²) in [5.41, 5.74) is 3.49. The molecule has 1 aliphatic rings. The van der Waals surface area contributed by atoms with Crippen LogP contribution in [-0.4, -0.2) is 36.1 Å². The molecule has 1 saturated heterocycles. The van der Waals surface area contributed by atoms with Crippen LogP contribution in [0.4, 0.5) is 5.69 Å². The first-order valence-corrected chi connectivity index (χ1v) is 8.78. The Balaban J connectivity index is 1.66. The van der Waals surface area contributed by atoms with Gasteiger partial charge in [-0.15, -0.1) is 0 Å². The highest BCUT2D eigenvalue weighted by molar-refractivity contribution is 6.06. The highest BCUT2D eigenvalue weighted by atomic mass is 16.5. The lowest BCUT2D eigenvalue weighted by molar-refractivity contribution is 0.0853. The quantitative estimate of drug-likeness (QED) is 0.866. The molecule has 0 radical (unpaired) electrons. The van der Waals surface area contributed by atoms with Gasteiger partial charge >= 0.3 is 0 Å². The third kappa shape index (κ3) is 4.26. The summed E-state index contributed by atoms with van der Waals surface area (Å²) in [6, 6.07) is 8.85. The maximum Gasteiger partial charge on any atom is 0.269 e. The van der Waals surface area contributed by atoms with E-state index in [1.807, 2.05) is 32.0 Å². The maximum atomic E-state index is 12.5. The average Bonchev–Trinajstić information content (AvgIpc) is 3.17. The molecule has 0 spiro atoms. The Morgan fingerprint density at radius 3 is 2.85 bits per heavy atom. The zero-order valence-corrected chi connectivity index (χ0v) is 15.0. The van der Waals surface area contributed by atoms with E-state index in [4.69, 9.17) is 4.74 Å². The molecule has 0 bridgehead atoms. The monoisotopic (exact) mass is 353 g/mol. The Labute approximate surface area is 153 Å². The lowest BCUT2D eigenvalue weighted by Crippen LogP contribution is -2.32. The minimum Gasteiger partial charge on any atom is -0.376 e. The summed E-state index contributed by atoms with van der Waals surface area (Å²) in [5.74, 6) is -0.573. The Hall–Kier alpha value is -2.73. The van der Waals surface area contributed by atoms with Crippen molar-refractivity contribution in [3.05, 3.63) is 58.9 Å². The van der Waals surface area contributed by atoms with Crippen molar-refractivity contribution in [3.63, 3.8) is 0 Å². The zero-order valence-electron chi connectivity index (χ0n) is 15.0. The van der Waals surface area contributed by atoms with Crippen LogP contribution in [0.25, 0.3) is 0 Å². The van der Waals surface area contributed by atoms with Gasteiger partial charge in [-0.2, -0.15) is 0 Å². The van der Waals surface area contributed by atoms with Gasteiger partial charge in [0.15, 0.2) is 0 Å². The number of pyridine rings is 1. The van der Waals surface area contributed by atoms with Gasteiger partial charge in [-0.25, -0.2) is 0 Å². The molecule has 1 aliphatic heterocycles. The standard InChI is InChI=1S/C20H23N3O3/c1-13-5-3-7-17(14(13)2)23-19(24)15-8-9-21-18(11-15)20(25)22-12-16-6-4-10-26-16/h3,5,7-9,11,16H,4,6,10,12H2,1-2H3,(H,22,25)(H,23,24). The molecule has 0 saturated carbocycles. The number of ether oxygens (including phenoxy) is 1.